The lowest BCUT2D eigenvalue weighted by Gasteiger charge is -2.03. The smallest absolute Gasteiger partial charge is 0.303 e. The lowest BCUT2D eigenvalue weighted by molar-refractivity contribution is -0.138. The van der Waals surface area contributed by atoms with Crippen molar-refractivity contribution in [3.05, 3.63) is 0 Å². The van der Waals surface area contributed by atoms with Crippen molar-refractivity contribution in [3.8, 4) is 0 Å². The van der Waals surface area contributed by atoms with Crippen molar-refractivity contribution in [3.63, 3.8) is 0 Å². The fourth-order valence-electron chi connectivity index (χ4n) is 6.00. The van der Waals surface area contributed by atoms with Crippen LogP contribution in [0.1, 0.15) is 232 Å². The predicted octanol–water partition coefficient (Wildman–Crippen LogP) is 3.44. The van der Waals surface area contributed by atoms with E-state index in [4.69, 9.17) is 102 Å². The molecule has 0 fully saturated rings. The number of aliphatic hydroxyl groups is 18. The molecule has 480 valence electrons. The minimum absolute atomic E-state index is 0.345. The summed E-state index contributed by atoms with van der Waals surface area (Å²) in [6.07, 6.45) is 37.6. The van der Waals surface area contributed by atoms with Crippen molar-refractivity contribution < 1.29 is 112 Å². The second-order valence-electron chi connectivity index (χ2n) is 19.0. The highest BCUT2D eigenvalue weighted by Gasteiger charge is 2.01. The molecule has 0 aliphatic heterocycles. The van der Waals surface area contributed by atoms with E-state index in [1.54, 1.807) is 0 Å². The fourth-order valence-corrected chi connectivity index (χ4v) is 6.00. The third-order valence-electron chi connectivity index (χ3n) is 11.0. The van der Waals surface area contributed by atoms with Gasteiger partial charge in [0.25, 0.3) is 0 Å². The van der Waals surface area contributed by atoms with Crippen LogP contribution < -0.4 is 0 Å². The highest BCUT2D eigenvalue weighted by molar-refractivity contribution is 5.66. The van der Waals surface area contributed by atoms with Crippen molar-refractivity contribution in [2.24, 2.45) is 0 Å². The molecule has 0 atom stereocenters. The van der Waals surface area contributed by atoms with Gasteiger partial charge in [-0.25, -0.2) is 0 Å². The second kappa shape index (κ2) is 89.0. The van der Waals surface area contributed by atoms with E-state index in [9.17, 15) is 9.59 Å². The molecule has 22 heteroatoms. The molecule has 78 heavy (non-hydrogen) atoms. The molecule has 0 amide bonds. The topological polar surface area (TPSA) is 439 Å². The lowest BCUT2D eigenvalue weighted by atomic mass is 10.0. The van der Waals surface area contributed by atoms with Crippen LogP contribution in [0.4, 0.5) is 0 Å². The summed E-state index contributed by atoms with van der Waals surface area (Å²) >= 11 is 0. The summed E-state index contributed by atoms with van der Waals surface area (Å²) in [7, 11) is 0. The Morgan fingerprint density at radius 3 is 0.397 bits per heavy atom. The quantitative estimate of drug-likeness (QED) is 0.0388. The molecule has 0 aromatic rings. The Morgan fingerprint density at radius 2 is 0.321 bits per heavy atom. The van der Waals surface area contributed by atoms with E-state index in [0.29, 0.717) is 12.8 Å². The molecule has 0 radical (unpaired) electrons. The van der Waals surface area contributed by atoms with Crippen LogP contribution >= 0.6 is 0 Å². The van der Waals surface area contributed by atoms with Gasteiger partial charge in [-0.2, -0.15) is 0 Å². The average Bonchev–Trinajstić information content (AvgIpc) is 3.46. The van der Waals surface area contributed by atoms with Gasteiger partial charge in [0, 0.05) is 12.8 Å². The molecular weight excluding hydrogens is 1020 g/mol. The molecule has 0 aromatic carbocycles. The summed E-state index contributed by atoms with van der Waals surface area (Å²) in [5.41, 5.74) is 0. The Kier molecular flexibility index (Phi) is 106. The summed E-state index contributed by atoms with van der Waals surface area (Å²) < 4.78 is 0. The highest BCUT2D eigenvalue weighted by atomic mass is 16.4. The van der Waals surface area contributed by atoms with Crippen LogP contribution in [0.15, 0.2) is 0 Å². The maximum Gasteiger partial charge on any atom is 0.303 e. The van der Waals surface area contributed by atoms with Crippen molar-refractivity contribution >= 4 is 11.9 Å². The molecule has 0 spiro atoms. The number of hydrogen-bond donors (Lipinski definition) is 20. The van der Waals surface area contributed by atoms with E-state index in [1.807, 2.05) is 0 Å². The van der Waals surface area contributed by atoms with Crippen LogP contribution in [-0.4, -0.2) is 230 Å². The van der Waals surface area contributed by atoms with Crippen LogP contribution in [0.5, 0.6) is 0 Å². The molecule has 0 aliphatic rings. The van der Waals surface area contributed by atoms with Gasteiger partial charge in [-0.05, 0) is 12.8 Å². The number of aliphatic hydroxyl groups excluding tert-OH is 18. The average molecular weight is 1150 g/mol. The van der Waals surface area contributed by atoms with Crippen molar-refractivity contribution in [2.45, 2.75) is 269 Å². The van der Waals surface area contributed by atoms with Crippen molar-refractivity contribution in [2.75, 3.05) is 79.3 Å². The molecule has 20 N–H and O–H groups in total. The van der Waals surface area contributed by atoms with E-state index in [-0.39, 0.29) is 79.3 Å². The maximum atomic E-state index is 10.4. The number of hydrogen-bond acceptors (Lipinski definition) is 20. The third kappa shape index (κ3) is 117. The molecule has 0 heterocycles. The van der Waals surface area contributed by atoms with Gasteiger partial charge in [0.05, 0.1) is 79.3 Å². The first-order valence-electron chi connectivity index (χ1n) is 29.2. The summed E-state index contributed by atoms with van der Waals surface area (Å²) in [5.74, 6) is -1.31. The Morgan fingerprint density at radius 1 is 0.218 bits per heavy atom. The van der Waals surface area contributed by atoms with E-state index in [0.717, 1.165) is 25.7 Å². The first kappa shape index (κ1) is 92.7. The van der Waals surface area contributed by atoms with Gasteiger partial charge < -0.3 is 102 Å². The Hall–Kier alpha value is -1.78. The minimum atomic E-state index is -0.954. The first-order valence-corrected chi connectivity index (χ1v) is 29.2. The highest BCUT2D eigenvalue weighted by Crippen LogP contribution is 2.15. The molecule has 0 saturated heterocycles. The zero-order chi connectivity index (χ0) is 61.1. The number of carboxylic acids is 2. The van der Waals surface area contributed by atoms with Gasteiger partial charge in [-0.1, -0.05) is 206 Å². The number of carboxylic acid groups (broad SMARTS) is 2. The summed E-state index contributed by atoms with van der Waals surface area (Å²) in [6.45, 7) is 0.168. The Labute approximate surface area is 470 Å². The number of rotatable bonds is 46. The van der Waals surface area contributed by atoms with Crippen molar-refractivity contribution in [1.82, 2.24) is 0 Å². The van der Waals surface area contributed by atoms with Gasteiger partial charge in [-0.15, -0.1) is 0 Å². The van der Waals surface area contributed by atoms with Gasteiger partial charge in [0.2, 0.25) is 0 Å². The van der Waals surface area contributed by atoms with Crippen LogP contribution in [0.25, 0.3) is 0 Å². The van der Waals surface area contributed by atoms with E-state index in [2.05, 4.69) is 13.8 Å². The molecular formula is C56H124O22. The standard InChI is InChI=1S/C22H44O2.C16H32O2.6C3H8O3/c1-2-3-4-5-6-7-8-9-10-11-12-13-14-15-16-17-18-19-20-21-22(23)24;1-2-3-4-5-6-7-8-9-10-11-12-13-14-15-16(17)18;6*4-1-3(6)2-5/h2-21H2,1H3,(H,23,24);2-15H2,1H3,(H,17,18);6*3-6H,1-2H2. The molecule has 0 aromatic heterocycles. The largest absolute Gasteiger partial charge is 0.481 e. The SMILES string of the molecule is CCCCCCCCCCCCCCCC(=O)O.CCCCCCCCCCCCCCCCCCCCCC(=O)O.OCC(O)CO.OCC(O)CO.OCC(O)CO.OCC(O)CO.OCC(O)CO.OCC(O)CO. The second-order valence-corrected chi connectivity index (χ2v) is 19.0. The number of unbranched alkanes of at least 4 members (excludes halogenated alkanes) is 30. The van der Waals surface area contributed by atoms with Gasteiger partial charge in [-0.3, -0.25) is 9.59 Å². The van der Waals surface area contributed by atoms with E-state index >= 15 is 0 Å². The number of aliphatic carboxylic acids is 2. The molecule has 0 saturated carbocycles. The zero-order valence-electron chi connectivity index (χ0n) is 48.8. The molecule has 0 aliphatic carbocycles. The zero-order valence-corrected chi connectivity index (χ0v) is 48.8. The van der Waals surface area contributed by atoms with Crippen LogP contribution in [-0.2, 0) is 9.59 Å². The van der Waals surface area contributed by atoms with Crippen molar-refractivity contribution in [1.29, 1.82) is 0 Å². The third-order valence-corrected chi connectivity index (χ3v) is 11.0. The molecule has 0 rings (SSSR count). The molecule has 0 bridgehead atoms. The van der Waals surface area contributed by atoms with Crippen LogP contribution in [0, 0.1) is 0 Å². The molecule has 0 unspecified atom stereocenters. The first-order chi connectivity index (χ1) is 37.4. The lowest BCUT2D eigenvalue weighted by Crippen LogP contribution is -2.15. The van der Waals surface area contributed by atoms with Crippen LogP contribution in [0.2, 0.25) is 0 Å². The monoisotopic (exact) mass is 1150 g/mol. The predicted molar refractivity (Wildman–Crippen MR) is 305 cm³/mol. The van der Waals surface area contributed by atoms with Crippen LogP contribution in [0.3, 0.4) is 0 Å². The van der Waals surface area contributed by atoms with Gasteiger partial charge in [0.1, 0.15) is 36.6 Å². The summed E-state index contributed by atoms with van der Waals surface area (Å²) in [4.78, 5) is 20.7. The molecule has 22 nitrogen and oxygen atoms in total. The Bertz CT molecular complexity index is 907. The Balaban J connectivity index is -0.000000131. The summed E-state index contributed by atoms with van der Waals surface area (Å²) in [6, 6.07) is 0. The van der Waals surface area contributed by atoms with E-state index in [1.165, 1.54) is 180 Å². The fraction of sp³-hybridized carbons (Fsp3) is 0.964. The minimum Gasteiger partial charge on any atom is -0.481 e. The van der Waals surface area contributed by atoms with Gasteiger partial charge in [0.15, 0.2) is 0 Å². The van der Waals surface area contributed by atoms with E-state index < -0.39 is 48.6 Å². The number of carbonyl (C=O) groups is 2. The summed E-state index contributed by atoms with van der Waals surface area (Å²) in [5, 5.41) is 161. The van der Waals surface area contributed by atoms with Gasteiger partial charge >= 0.3 is 11.9 Å². The normalized spacial score (nSPS) is 10.5. The maximum absolute atomic E-state index is 10.4.